The fraction of sp³-hybridized carbons (Fsp3) is 0.735. The number of carboxylic acids is 1. The lowest BCUT2D eigenvalue weighted by molar-refractivity contribution is -0.145. The Hall–Kier alpha value is -5.09. The number of rotatable bonds is 24. The van der Waals surface area contributed by atoms with Crippen molar-refractivity contribution < 1.29 is 53.7 Å². The minimum Gasteiger partial charge on any atom is -0.480 e. The van der Waals surface area contributed by atoms with Gasteiger partial charge in [0.15, 0.2) is 5.96 Å². The molecule has 1 heterocycles. The number of aliphatic carboxylic acids is 1. The molecule has 22 nitrogen and oxygen atoms in total. The molecule has 7 atom stereocenters. The van der Waals surface area contributed by atoms with Crippen molar-refractivity contribution in [2.75, 3.05) is 32.8 Å². The Kier molecular flexibility index (Phi) is 21.3. The molecule has 0 aromatic heterocycles. The molecule has 7 amide bonds. The third kappa shape index (κ3) is 17.1. The number of carboxylic acid groups (broad SMARTS) is 1. The highest BCUT2D eigenvalue weighted by atomic mass is 16.4. The quantitative estimate of drug-likeness (QED) is 0.0247. The highest BCUT2D eigenvalue weighted by molar-refractivity contribution is 5.97. The topological polar surface area (TPSA) is 363 Å². The molecule has 318 valence electrons. The second kappa shape index (κ2) is 24.4. The summed E-state index contributed by atoms with van der Waals surface area (Å²) in [5.41, 5.74) is 16.3. The molecule has 56 heavy (non-hydrogen) atoms. The molecule has 0 radical (unpaired) electrons. The first-order chi connectivity index (χ1) is 26.2. The van der Waals surface area contributed by atoms with Gasteiger partial charge in [0.05, 0.1) is 25.8 Å². The van der Waals surface area contributed by atoms with Crippen LogP contribution in [0.2, 0.25) is 0 Å². The molecule has 0 aliphatic carbocycles. The van der Waals surface area contributed by atoms with Crippen molar-refractivity contribution in [2.45, 2.75) is 115 Å². The van der Waals surface area contributed by atoms with Gasteiger partial charge < -0.3 is 69.3 Å². The van der Waals surface area contributed by atoms with Crippen LogP contribution in [-0.4, -0.2) is 149 Å². The second-order valence-corrected chi connectivity index (χ2v) is 14.5. The van der Waals surface area contributed by atoms with E-state index in [-0.39, 0.29) is 63.0 Å². The lowest BCUT2D eigenvalue weighted by Gasteiger charge is -2.28. The Labute approximate surface area is 325 Å². The number of nitrogens with two attached hydrogens (primary N) is 3. The van der Waals surface area contributed by atoms with Gasteiger partial charge in [0.1, 0.15) is 36.3 Å². The van der Waals surface area contributed by atoms with E-state index in [1.807, 2.05) is 0 Å². The van der Waals surface area contributed by atoms with Crippen LogP contribution >= 0.6 is 0 Å². The number of likely N-dealkylation sites (tertiary alicyclic amines) is 1. The van der Waals surface area contributed by atoms with E-state index >= 15 is 0 Å². The molecule has 22 heteroatoms. The van der Waals surface area contributed by atoms with Gasteiger partial charge >= 0.3 is 5.97 Å². The fourth-order valence-electron chi connectivity index (χ4n) is 5.67. The summed E-state index contributed by atoms with van der Waals surface area (Å²) >= 11 is 0. The number of nitrogens with zero attached hydrogens (tertiary/aromatic N) is 2. The van der Waals surface area contributed by atoms with Gasteiger partial charge in [-0.2, -0.15) is 0 Å². The summed E-state index contributed by atoms with van der Waals surface area (Å²) in [5.74, 6) is -7.12. The second-order valence-electron chi connectivity index (χ2n) is 14.5. The molecule has 0 spiro atoms. The molecule has 0 aromatic carbocycles. The van der Waals surface area contributed by atoms with Gasteiger partial charge in [0, 0.05) is 13.1 Å². The third-order valence-electron chi connectivity index (χ3n) is 8.57. The summed E-state index contributed by atoms with van der Waals surface area (Å²) in [6.45, 7) is 6.67. The van der Waals surface area contributed by atoms with Gasteiger partial charge in [-0.25, -0.2) is 4.79 Å². The van der Waals surface area contributed by atoms with Crippen LogP contribution in [-0.2, 0) is 38.4 Å². The first-order valence-electron chi connectivity index (χ1n) is 18.6. The first-order valence-corrected chi connectivity index (χ1v) is 18.6. The SMILES string of the molecule is CC(C)C[C@H](NC(=O)[C@H](CC(C)C)NC(=O)[C@H](CCCN=C(N)N)NC(=O)[C@H](CO)NC(=O)[C@H](C)N)C(=O)NCC(=O)N1CCC[C@H]1C(=O)N[C@@H](CO)C(=O)O. The number of aliphatic hydroxyl groups excluding tert-OH is 2. The standard InChI is InChI=1S/C34H61N11O11/c1-17(2)12-21(28(50)39-14-26(48)45-11-7-9-25(45)32(54)44-24(16-47)33(55)56)41-30(52)22(13-18(3)4)42-29(51)20(8-6-10-38-34(36)37)40-31(53)23(15-46)43-27(49)19(5)35/h17-25,46-47H,6-16,35H2,1-5H3,(H,39,50)(H,40,53)(H,41,52)(H,42,51)(H,43,49)(H,44,54)(H,55,56)(H4,36,37,38)/t19-,20-,21-,22-,23-,24-,25-/m0/s1. The van der Waals surface area contributed by atoms with Crippen LogP contribution in [0.15, 0.2) is 4.99 Å². The highest BCUT2D eigenvalue weighted by Gasteiger charge is 2.37. The first kappa shape index (κ1) is 48.9. The van der Waals surface area contributed by atoms with E-state index in [1.165, 1.54) is 11.8 Å². The third-order valence-corrected chi connectivity index (χ3v) is 8.57. The van der Waals surface area contributed by atoms with Crippen molar-refractivity contribution in [3.63, 3.8) is 0 Å². The predicted molar refractivity (Wildman–Crippen MR) is 202 cm³/mol. The Morgan fingerprint density at radius 2 is 1.21 bits per heavy atom. The van der Waals surface area contributed by atoms with E-state index in [2.05, 4.69) is 36.9 Å². The molecule has 1 rings (SSSR count). The Balaban J connectivity index is 3.15. The van der Waals surface area contributed by atoms with Crippen molar-refractivity contribution in [2.24, 2.45) is 34.0 Å². The zero-order valence-electron chi connectivity index (χ0n) is 32.7. The average molecular weight is 800 g/mol. The van der Waals surface area contributed by atoms with Crippen LogP contribution in [0.3, 0.4) is 0 Å². The number of amides is 7. The smallest absolute Gasteiger partial charge is 0.328 e. The monoisotopic (exact) mass is 799 g/mol. The van der Waals surface area contributed by atoms with Gasteiger partial charge in [-0.15, -0.1) is 0 Å². The zero-order chi connectivity index (χ0) is 42.7. The molecular formula is C34H61N11O11. The van der Waals surface area contributed by atoms with Crippen LogP contribution in [0.1, 0.15) is 73.1 Å². The van der Waals surface area contributed by atoms with E-state index in [1.54, 1.807) is 27.7 Å². The molecule has 15 N–H and O–H groups in total. The zero-order valence-corrected chi connectivity index (χ0v) is 32.7. The molecule has 0 saturated carbocycles. The Morgan fingerprint density at radius 1 is 0.714 bits per heavy atom. The van der Waals surface area contributed by atoms with Crippen molar-refractivity contribution in [1.29, 1.82) is 0 Å². The lowest BCUT2D eigenvalue weighted by atomic mass is 9.99. The minimum absolute atomic E-state index is 0.0166. The number of aliphatic imine (C=N–C) groups is 1. The van der Waals surface area contributed by atoms with Gasteiger partial charge in [0.2, 0.25) is 41.4 Å². The molecule has 0 bridgehead atoms. The highest BCUT2D eigenvalue weighted by Crippen LogP contribution is 2.18. The van der Waals surface area contributed by atoms with Crippen molar-refractivity contribution in [3.05, 3.63) is 0 Å². The maximum absolute atomic E-state index is 13.7. The number of carbonyl (C=O) groups is 8. The molecule has 0 unspecified atom stereocenters. The van der Waals surface area contributed by atoms with Crippen molar-refractivity contribution >= 4 is 53.3 Å². The normalized spacial score (nSPS) is 17.0. The summed E-state index contributed by atoms with van der Waals surface area (Å²) in [7, 11) is 0. The van der Waals surface area contributed by atoms with Crippen molar-refractivity contribution in [3.8, 4) is 0 Å². The number of guanidine groups is 1. The van der Waals surface area contributed by atoms with Gasteiger partial charge in [-0.1, -0.05) is 27.7 Å². The number of hydrogen-bond acceptors (Lipinski definition) is 12. The predicted octanol–water partition coefficient (Wildman–Crippen LogP) is -4.92. The van der Waals surface area contributed by atoms with E-state index in [0.717, 1.165) is 0 Å². The maximum atomic E-state index is 13.7. The summed E-state index contributed by atoms with van der Waals surface area (Å²) in [6.07, 6.45) is 1.12. The van der Waals surface area contributed by atoms with E-state index in [9.17, 15) is 48.6 Å². The number of nitrogens with one attached hydrogen (secondary N) is 6. The fourth-order valence-corrected chi connectivity index (χ4v) is 5.67. The van der Waals surface area contributed by atoms with Crippen LogP contribution in [0.4, 0.5) is 0 Å². The number of hydrogen-bond donors (Lipinski definition) is 12. The average Bonchev–Trinajstić information content (AvgIpc) is 3.61. The Morgan fingerprint density at radius 3 is 1.71 bits per heavy atom. The van der Waals surface area contributed by atoms with Gasteiger partial charge in [-0.05, 0) is 57.3 Å². The largest absolute Gasteiger partial charge is 0.480 e. The summed E-state index contributed by atoms with van der Waals surface area (Å²) in [4.78, 5) is 108. The molecule has 0 aromatic rings. The maximum Gasteiger partial charge on any atom is 0.328 e. The van der Waals surface area contributed by atoms with Crippen LogP contribution in [0, 0.1) is 11.8 Å². The number of carbonyl (C=O) groups excluding carboxylic acids is 7. The molecule has 1 aliphatic rings. The van der Waals surface area contributed by atoms with Crippen molar-refractivity contribution in [1.82, 2.24) is 36.8 Å². The van der Waals surface area contributed by atoms with Crippen LogP contribution in [0.25, 0.3) is 0 Å². The van der Waals surface area contributed by atoms with Crippen LogP contribution in [0.5, 0.6) is 0 Å². The molecule has 1 saturated heterocycles. The Bertz CT molecular complexity index is 1410. The summed E-state index contributed by atoms with van der Waals surface area (Å²) in [6, 6.07) is -8.64. The number of aliphatic hydroxyl groups is 2. The summed E-state index contributed by atoms with van der Waals surface area (Å²) < 4.78 is 0. The lowest BCUT2D eigenvalue weighted by Crippen LogP contribution is -2.59. The van der Waals surface area contributed by atoms with E-state index in [0.29, 0.717) is 6.42 Å². The van der Waals surface area contributed by atoms with E-state index in [4.69, 9.17) is 22.3 Å². The molecule has 1 fully saturated rings. The minimum atomic E-state index is -1.55. The van der Waals surface area contributed by atoms with Gasteiger partial charge in [0.25, 0.3) is 0 Å². The van der Waals surface area contributed by atoms with Gasteiger partial charge in [-0.3, -0.25) is 38.6 Å². The molecule has 1 aliphatic heterocycles. The summed E-state index contributed by atoms with van der Waals surface area (Å²) in [5, 5.41) is 43.0. The molecular weight excluding hydrogens is 738 g/mol. The van der Waals surface area contributed by atoms with E-state index < -0.39 is 109 Å². The van der Waals surface area contributed by atoms with Crippen LogP contribution < -0.4 is 49.1 Å².